The maximum absolute atomic E-state index is 14.1. The van der Waals surface area contributed by atoms with Crippen molar-refractivity contribution in [3.63, 3.8) is 0 Å². The Hall–Kier alpha value is -3.51. The molecule has 1 saturated heterocycles. The van der Waals surface area contributed by atoms with E-state index >= 15 is 0 Å². The molecule has 3 N–H and O–H groups in total. The van der Waals surface area contributed by atoms with Crippen LogP contribution in [0.5, 0.6) is 0 Å². The molecule has 2 aromatic carbocycles. The minimum Gasteiger partial charge on any atom is -0.444 e. The molecule has 2 aromatic heterocycles. The molecular formula is C33H43N7O6S3. The van der Waals surface area contributed by atoms with Gasteiger partial charge in [0.2, 0.25) is 15.9 Å². The number of nitrogens with one attached hydrogen (secondary N) is 2. The molecule has 49 heavy (non-hydrogen) atoms. The molecule has 0 unspecified atom stereocenters. The number of hydrogen-bond donors (Lipinski definition) is 3. The second-order valence-electron chi connectivity index (χ2n) is 12.5. The van der Waals surface area contributed by atoms with E-state index in [4.69, 9.17) is 4.74 Å². The van der Waals surface area contributed by atoms with Crippen molar-refractivity contribution in [2.75, 3.05) is 58.2 Å². The zero-order valence-corrected chi connectivity index (χ0v) is 30.3. The van der Waals surface area contributed by atoms with E-state index in [0.717, 1.165) is 36.6 Å². The summed E-state index contributed by atoms with van der Waals surface area (Å²) in [6, 6.07) is 13.2. The number of carbonyl (C=O) groups excluding carboxylic acids is 2. The lowest BCUT2D eigenvalue weighted by molar-refractivity contribution is -0.117. The maximum atomic E-state index is 14.1. The predicted octanol–water partition coefficient (Wildman–Crippen LogP) is 3.48. The summed E-state index contributed by atoms with van der Waals surface area (Å²) in [6.45, 7) is 7.40. The van der Waals surface area contributed by atoms with Crippen LogP contribution in [0.25, 0.3) is 10.2 Å². The van der Waals surface area contributed by atoms with E-state index in [9.17, 15) is 23.1 Å². The van der Waals surface area contributed by atoms with Crippen LogP contribution < -0.4 is 10.6 Å². The predicted molar refractivity (Wildman–Crippen MR) is 191 cm³/mol. The molecule has 2 atom stereocenters. The highest BCUT2D eigenvalue weighted by Crippen LogP contribution is 2.30. The average molecular weight is 730 g/mol. The summed E-state index contributed by atoms with van der Waals surface area (Å²) < 4.78 is 35.5. The number of amides is 2. The Morgan fingerprint density at radius 1 is 1.08 bits per heavy atom. The fraction of sp³-hybridized carbons (Fsp3) is 0.455. The molecule has 0 saturated carbocycles. The van der Waals surface area contributed by atoms with Crippen LogP contribution in [-0.4, -0.2) is 115 Å². The van der Waals surface area contributed by atoms with Gasteiger partial charge in [-0.25, -0.2) is 18.2 Å². The Labute approximate surface area is 295 Å². The molecule has 0 spiro atoms. The Bertz CT molecular complexity index is 1780. The molecule has 0 radical (unpaired) electrons. The van der Waals surface area contributed by atoms with Gasteiger partial charge in [0.15, 0.2) is 5.13 Å². The normalized spacial score (nSPS) is 15.8. The highest BCUT2D eigenvalue weighted by Gasteiger charge is 2.32. The first-order chi connectivity index (χ1) is 23.5. The van der Waals surface area contributed by atoms with Crippen molar-refractivity contribution in [3.8, 4) is 0 Å². The van der Waals surface area contributed by atoms with E-state index in [1.165, 1.54) is 33.0 Å². The first-order valence-corrected chi connectivity index (χ1v) is 19.2. The number of aliphatic hydroxyl groups is 1. The molecule has 4 aromatic rings. The Morgan fingerprint density at radius 3 is 2.53 bits per heavy atom. The van der Waals surface area contributed by atoms with Gasteiger partial charge in [0.1, 0.15) is 6.61 Å². The zero-order valence-electron chi connectivity index (χ0n) is 27.8. The van der Waals surface area contributed by atoms with Crippen LogP contribution in [0.1, 0.15) is 24.3 Å². The molecule has 0 aliphatic carbocycles. The van der Waals surface area contributed by atoms with E-state index in [0.29, 0.717) is 15.3 Å². The number of aliphatic hydroxyl groups excluding tert-OH is 1. The molecule has 0 bridgehead atoms. The number of sulfonamides is 1. The van der Waals surface area contributed by atoms with Gasteiger partial charge >= 0.3 is 6.09 Å². The topological polar surface area (TPSA) is 157 Å². The molecule has 3 heterocycles. The van der Waals surface area contributed by atoms with Crippen LogP contribution in [0, 0.1) is 5.92 Å². The highest BCUT2D eigenvalue weighted by molar-refractivity contribution is 7.89. The number of alkyl carbamates (subject to hydrolysis) is 1. The van der Waals surface area contributed by atoms with Gasteiger partial charge < -0.3 is 25.4 Å². The van der Waals surface area contributed by atoms with E-state index in [-0.39, 0.29) is 49.4 Å². The van der Waals surface area contributed by atoms with Crippen molar-refractivity contribution in [1.29, 1.82) is 0 Å². The third-order valence-electron chi connectivity index (χ3n) is 8.06. The molecule has 16 heteroatoms. The number of benzene rings is 2. The largest absolute Gasteiger partial charge is 0.444 e. The van der Waals surface area contributed by atoms with Gasteiger partial charge in [0.05, 0.1) is 44.2 Å². The second kappa shape index (κ2) is 16.9. The van der Waals surface area contributed by atoms with Crippen LogP contribution in [0.15, 0.2) is 65.1 Å². The lowest BCUT2D eigenvalue weighted by Crippen LogP contribution is -2.51. The second-order valence-corrected chi connectivity index (χ2v) is 16.5. The smallest absolute Gasteiger partial charge is 0.407 e. The van der Waals surface area contributed by atoms with Crippen LogP contribution in [0.2, 0.25) is 0 Å². The third kappa shape index (κ3) is 10.5. The van der Waals surface area contributed by atoms with Gasteiger partial charge in [0.25, 0.3) is 0 Å². The number of rotatable bonds is 15. The van der Waals surface area contributed by atoms with Crippen molar-refractivity contribution in [1.82, 2.24) is 29.4 Å². The number of piperazine rings is 1. The molecule has 264 valence electrons. The number of nitrogens with zero attached hydrogens (tertiary/aromatic N) is 5. The van der Waals surface area contributed by atoms with Gasteiger partial charge in [-0.05, 0) is 43.1 Å². The van der Waals surface area contributed by atoms with Gasteiger partial charge in [-0.1, -0.05) is 55.5 Å². The zero-order chi connectivity index (χ0) is 35.0. The molecule has 1 aliphatic rings. The molecule has 1 aliphatic heterocycles. The van der Waals surface area contributed by atoms with Crippen LogP contribution in [0.4, 0.5) is 9.93 Å². The summed E-state index contributed by atoms with van der Waals surface area (Å²) in [5.74, 6) is -0.222. The summed E-state index contributed by atoms with van der Waals surface area (Å²) in [6.07, 6.45) is -0.130. The highest BCUT2D eigenvalue weighted by atomic mass is 32.2. The number of fused-ring (bicyclic) bond motifs is 1. The monoisotopic (exact) mass is 729 g/mol. The summed E-state index contributed by atoms with van der Waals surface area (Å²) in [5, 5.41) is 17.5. The molecular weight excluding hydrogens is 687 g/mol. The Morgan fingerprint density at radius 2 is 1.84 bits per heavy atom. The fourth-order valence-electron chi connectivity index (χ4n) is 5.44. The number of carbonyl (C=O) groups is 2. The lowest BCUT2D eigenvalue weighted by Gasteiger charge is -2.31. The molecule has 5 rings (SSSR count). The number of ether oxygens (including phenoxy) is 1. The van der Waals surface area contributed by atoms with Crippen LogP contribution in [0.3, 0.4) is 0 Å². The quantitative estimate of drug-likeness (QED) is 0.166. The van der Waals surface area contributed by atoms with E-state index in [1.54, 1.807) is 23.8 Å². The van der Waals surface area contributed by atoms with Crippen molar-refractivity contribution in [3.05, 3.63) is 70.7 Å². The first-order valence-electron chi connectivity index (χ1n) is 16.1. The maximum Gasteiger partial charge on any atom is 0.407 e. The fourth-order valence-corrected chi connectivity index (χ4v) is 8.59. The van der Waals surface area contributed by atoms with Gasteiger partial charge in [-0.2, -0.15) is 4.31 Å². The number of aromatic nitrogens is 2. The minimum absolute atomic E-state index is 0.0280. The van der Waals surface area contributed by atoms with Crippen molar-refractivity contribution in [2.24, 2.45) is 5.92 Å². The van der Waals surface area contributed by atoms with E-state index < -0.39 is 28.3 Å². The lowest BCUT2D eigenvalue weighted by atomic mass is 10.0. The van der Waals surface area contributed by atoms with Crippen LogP contribution in [-0.2, 0) is 32.6 Å². The van der Waals surface area contributed by atoms with E-state index in [1.807, 2.05) is 44.2 Å². The van der Waals surface area contributed by atoms with Crippen molar-refractivity contribution in [2.45, 2.75) is 43.9 Å². The van der Waals surface area contributed by atoms with Gasteiger partial charge in [-0.15, -0.1) is 11.3 Å². The minimum atomic E-state index is -4.09. The molecule has 13 nitrogen and oxygen atoms in total. The van der Waals surface area contributed by atoms with Gasteiger partial charge in [0, 0.05) is 45.5 Å². The summed E-state index contributed by atoms with van der Waals surface area (Å²) in [5.41, 5.74) is 3.07. The van der Waals surface area contributed by atoms with Gasteiger partial charge in [-0.3, -0.25) is 14.7 Å². The molecule has 2 amide bonds. The van der Waals surface area contributed by atoms with Crippen molar-refractivity contribution < 1.29 is 27.9 Å². The number of anilines is 1. The Balaban J connectivity index is 1.30. The summed E-state index contributed by atoms with van der Waals surface area (Å²) in [4.78, 5) is 39.1. The number of likely N-dealkylation sites (N-methyl/N-ethyl adjacent to an activating group) is 1. The van der Waals surface area contributed by atoms with E-state index in [2.05, 4.69) is 37.4 Å². The summed E-state index contributed by atoms with van der Waals surface area (Å²) >= 11 is 2.56. The SMILES string of the molecule is CC(C)CN(C[C@@H](O)[C@H](Cc1ccccc1)NC(=O)OCc1cncs1)S(=O)(=O)c1ccc2nc(NC(=O)CN3CCN(C)CC3)sc2c1. The third-order valence-corrected chi connectivity index (χ3v) is 11.6. The van der Waals surface area contributed by atoms with Crippen LogP contribution >= 0.6 is 22.7 Å². The number of thiazole rings is 2. The first kappa shape index (κ1) is 36.8. The molecule has 1 fully saturated rings. The average Bonchev–Trinajstić information content (AvgIpc) is 3.74. The Kier molecular flexibility index (Phi) is 12.7. The summed E-state index contributed by atoms with van der Waals surface area (Å²) in [7, 11) is -2.03. The number of hydrogen-bond acceptors (Lipinski definition) is 12. The standard InChI is InChI=1S/C33H43N7O6S3/c1-23(2)18-40(19-29(41)28(15-24-7-5-4-6-8-24)36-33(43)46-21-25-17-34-22-47-25)49(44,45)26-9-10-27-30(16-26)48-32(35-27)37-31(42)20-39-13-11-38(3)12-14-39/h4-10,16-17,22-23,28-29,41H,11-15,18-21H2,1-3H3,(H,36,43)(H,35,37,42)/t28-,29+/m0/s1. The van der Waals surface area contributed by atoms with Crippen molar-refractivity contribution >= 4 is 60.0 Å².